The van der Waals surface area contributed by atoms with Crippen molar-refractivity contribution in [3.8, 4) is 0 Å². The van der Waals surface area contributed by atoms with Crippen LogP contribution >= 0.6 is 0 Å². The number of aryl methyl sites for hydroxylation is 2. The quantitative estimate of drug-likeness (QED) is 0.845. The summed E-state index contributed by atoms with van der Waals surface area (Å²) in [6.45, 7) is 9.49. The number of carbonyl (C=O) groups is 1. The normalized spacial score (nSPS) is 18.4. The van der Waals surface area contributed by atoms with E-state index in [1.807, 2.05) is 33.8 Å². The molecule has 3 heterocycles. The highest BCUT2D eigenvalue weighted by molar-refractivity contribution is 5.76. The van der Waals surface area contributed by atoms with Crippen molar-refractivity contribution in [3.05, 3.63) is 29.2 Å². The van der Waals surface area contributed by atoms with Gasteiger partial charge in [-0.05, 0) is 19.9 Å². The van der Waals surface area contributed by atoms with Crippen molar-refractivity contribution in [3.63, 3.8) is 0 Å². The lowest BCUT2D eigenvalue weighted by Gasteiger charge is -2.31. The highest BCUT2D eigenvalue weighted by atomic mass is 16.5. The zero-order valence-electron chi connectivity index (χ0n) is 14.5. The van der Waals surface area contributed by atoms with Gasteiger partial charge in [-0.1, -0.05) is 13.8 Å². The van der Waals surface area contributed by atoms with E-state index >= 15 is 0 Å². The molecule has 0 unspecified atom stereocenters. The number of aromatic nitrogens is 4. The van der Waals surface area contributed by atoms with Crippen molar-refractivity contribution < 1.29 is 13.9 Å². The Labute approximate surface area is 140 Å². The van der Waals surface area contributed by atoms with E-state index in [4.69, 9.17) is 9.15 Å². The lowest BCUT2D eigenvalue weighted by atomic mass is 10.2. The first-order valence-electron chi connectivity index (χ1n) is 8.17. The van der Waals surface area contributed by atoms with Gasteiger partial charge in [0.1, 0.15) is 6.54 Å². The van der Waals surface area contributed by atoms with Gasteiger partial charge in [-0.25, -0.2) is 0 Å². The van der Waals surface area contributed by atoms with Gasteiger partial charge in [0, 0.05) is 18.2 Å². The Hall–Kier alpha value is -2.22. The Morgan fingerprint density at radius 2 is 2.17 bits per heavy atom. The Balaban J connectivity index is 1.66. The number of nitrogens with zero attached hydrogens (tertiary/aromatic N) is 5. The van der Waals surface area contributed by atoms with Crippen LogP contribution in [0.25, 0.3) is 0 Å². The molecule has 2 aromatic rings. The molecule has 8 nitrogen and oxygen atoms in total. The van der Waals surface area contributed by atoms with Crippen LogP contribution in [0, 0.1) is 13.8 Å². The molecule has 3 rings (SSSR count). The molecule has 0 radical (unpaired) electrons. The van der Waals surface area contributed by atoms with Crippen molar-refractivity contribution in [2.45, 2.75) is 46.3 Å². The Morgan fingerprint density at radius 1 is 1.38 bits per heavy atom. The molecule has 1 amide bonds. The van der Waals surface area contributed by atoms with Crippen LogP contribution < -0.4 is 0 Å². The molecular weight excluding hydrogens is 310 g/mol. The molecular formula is C16H23N5O3. The maximum atomic E-state index is 12.6. The third kappa shape index (κ3) is 3.48. The van der Waals surface area contributed by atoms with Crippen molar-refractivity contribution in [2.75, 3.05) is 19.7 Å². The molecule has 0 aliphatic carbocycles. The van der Waals surface area contributed by atoms with Crippen LogP contribution in [0.5, 0.6) is 0 Å². The second-order valence-corrected chi connectivity index (χ2v) is 6.42. The molecule has 1 aliphatic rings. The minimum absolute atomic E-state index is 0.0121. The number of hydrogen-bond acceptors (Lipinski definition) is 6. The third-order valence-corrected chi connectivity index (χ3v) is 4.03. The summed E-state index contributed by atoms with van der Waals surface area (Å²) in [5, 5.41) is 12.4. The van der Waals surface area contributed by atoms with Crippen LogP contribution in [0.4, 0.5) is 0 Å². The fourth-order valence-corrected chi connectivity index (χ4v) is 2.70. The lowest BCUT2D eigenvalue weighted by molar-refractivity contribution is -0.140. The molecule has 24 heavy (non-hydrogen) atoms. The van der Waals surface area contributed by atoms with E-state index in [-0.39, 0.29) is 24.5 Å². The summed E-state index contributed by atoms with van der Waals surface area (Å²) >= 11 is 0. The summed E-state index contributed by atoms with van der Waals surface area (Å²) in [6, 6.07) is 1.96. The van der Waals surface area contributed by atoms with E-state index in [0.29, 0.717) is 31.5 Å². The second kappa shape index (κ2) is 6.72. The topological polar surface area (TPSA) is 86.3 Å². The van der Waals surface area contributed by atoms with Crippen molar-refractivity contribution >= 4 is 5.91 Å². The molecule has 8 heteroatoms. The largest absolute Gasteiger partial charge is 0.422 e. The zero-order valence-corrected chi connectivity index (χ0v) is 14.5. The fraction of sp³-hybridized carbons (Fsp3) is 0.625. The van der Waals surface area contributed by atoms with Crippen LogP contribution in [0.1, 0.15) is 49.0 Å². The summed E-state index contributed by atoms with van der Waals surface area (Å²) in [6.07, 6.45) is -0.372. The molecule has 0 saturated carbocycles. The van der Waals surface area contributed by atoms with Crippen LogP contribution in [0.15, 0.2) is 10.5 Å². The lowest BCUT2D eigenvalue weighted by Crippen LogP contribution is -2.44. The highest BCUT2D eigenvalue weighted by Gasteiger charge is 2.29. The average molecular weight is 333 g/mol. The van der Waals surface area contributed by atoms with Gasteiger partial charge in [-0.3, -0.25) is 9.48 Å². The Kier molecular flexibility index (Phi) is 4.66. The molecule has 1 saturated heterocycles. The molecule has 1 atom stereocenters. The second-order valence-electron chi connectivity index (χ2n) is 6.42. The first-order valence-corrected chi connectivity index (χ1v) is 8.17. The minimum atomic E-state index is -0.372. The van der Waals surface area contributed by atoms with Crippen LogP contribution in [-0.2, 0) is 16.1 Å². The Bertz CT molecular complexity index is 721. The average Bonchev–Trinajstić information content (AvgIpc) is 3.15. The van der Waals surface area contributed by atoms with Gasteiger partial charge in [0.15, 0.2) is 6.10 Å². The van der Waals surface area contributed by atoms with Crippen molar-refractivity contribution in [1.82, 2.24) is 24.9 Å². The van der Waals surface area contributed by atoms with Crippen LogP contribution in [-0.4, -0.2) is 50.5 Å². The maximum Gasteiger partial charge on any atom is 0.247 e. The van der Waals surface area contributed by atoms with Gasteiger partial charge in [0.25, 0.3) is 0 Å². The Morgan fingerprint density at radius 3 is 2.79 bits per heavy atom. The van der Waals surface area contributed by atoms with Gasteiger partial charge in [0.2, 0.25) is 17.7 Å². The first kappa shape index (κ1) is 16.6. The van der Waals surface area contributed by atoms with E-state index in [2.05, 4.69) is 15.3 Å². The van der Waals surface area contributed by atoms with E-state index in [1.165, 1.54) is 0 Å². The molecule has 1 aliphatic heterocycles. The van der Waals surface area contributed by atoms with E-state index in [9.17, 15) is 4.79 Å². The van der Waals surface area contributed by atoms with Crippen molar-refractivity contribution in [1.29, 1.82) is 0 Å². The van der Waals surface area contributed by atoms with Crippen molar-refractivity contribution in [2.24, 2.45) is 0 Å². The monoisotopic (exact) mass is 333 g/mol. The van der Waals surface area contributed by atoms with Gasteiger partial charge in [-0.15, -0.1) is 10.2 Å². The zero-order chi connectivity index (χ0) is 17.3. The maximum absolute atomic E-state index is 12.6. The van der Waals surface area contributed by atoms with E-state index in [1.54, 1.807) is 9.58 Å². The molecule has 0 spiro atoms. The van der Waals surface area contributed by atoms with Gasteiger partial charge in [0.05, 0.1) is 18.8 Å². The summed E-state index contributed by atoms with van der Waals surface area (Å²) in [5.41, 5.74) is 1.89. The third-order valence-electron chi connectivity index (χ3n) is 4.03. The summed E-state index contributed by atoms with van der Waals surface area (Å²) in [5.74, 6) is 1.19. The minimum Gasteiger partial charge on any atom is -0.422 e. The summed E-state index contributed by atoms with van der Waals surface area (Å²) in [4.78, 5) is 14.3. The van der Waals surface area contributed by atoms with Gasteiger partial charge >= 0.3 is 0 Å². The molecule has 2 aromatic heterocycles. The van der Waals surface area contributed by atoms with E-state index < -0.39 is 0 Å². The number of hydrogen-bond donors (Lipinski definition) is 0. The molecule has 0 aromatic carbocycles. The number of ether oxygens (including phenoxy) is 1. The molecule has 1 fully saturated rings. The molecule has 0 N–H and O–H groups in total. The number of morpholine rings is 1. The molecule has 130 valence electrons. The van der Waals surface area contributed by atoms with Gasteiger partial charge < -0.3 is 14.1 Å². The highest BCUT2D eigenvalue weighted by Crippen LogP contribution is 2.23. The smallest absolute Gasteiger partial charge is 0.247 e. The summed E-state index contributed by atoms with van der Waals surface area (Å²) in [7, 11) is 0. The number of carbonyl (C=O) groups excluding carboxylic acids is 1. The predicted octanol–water partition coefficient (Wildman–Crippen LogP) is 1.61. The number of rotatable bonds is 4. The SMILES string of the molecule is Cc1cc(C)n(CC(=O)N2CCO[C@H](c3nnc(C(C)C)o3)C2)n1. The summed E-state index contributed by atoms with van der Waals surface area (Å²) < 4.78 is 13.1. The van der Waals surface area contributed by atoms with Crippen LogP contribution in [0.2, 0.25) is 0 Å². The molecule has 0 bridgehead atoms. The number of amides is 1. The van der Waals surface area contributed by atoms with Crippen LogP contribution in [0.3, 0.4) is 0 Å². The van der Waals surface area contributed by atoms with Gasteiger partial charge in [-0.2, -0.15) is 5.10 Å². The first-order chi connectivity index (χ1) is 11.4. The fourth-order valence-electron chi connectivity index (χ4n) is 2.70. The standard InChI is InChI=1S/C16H23N5O3/c1-10(2)15-17-18-16(24-15)13-8-20(5-6-23-13)14(22)9-21-12(4)7-11(3)19-21/h7,10,13H,5-6,8-9H2,1-4H3/t13-/m0/s1. The predicted molar refractivity (Wildman–Crippen MR) is 85.4 cm³/mol. The van der Waals surface area contributed by atoms with E-state index in [0.717, 1.165) is 11.4 Å².